The lowest BCUT2D eigenvalue weighted by molar-refractivity contribution is 0.548. The summed E-state index contributed by atoms with van der Waals surface area (Å²) >= 11 is -2.02. The smallest absolute Gasteiger partial charge is 0.232 e. The van der Waals surface area contributed by atoms with Gasteiger partial charge in [-0.3, -0.25) is 4.55 Å². The normalized spacial score (nSPS) is 12.4. The Morgan fingerprint density at radius 1 is 1.07 bits per heavy atom. The predicted molar refractivity (Wildman–Crippen MR) is 109 cm³/mol. The van der Waals surface area contributed by atoms with E-state index in [-0.39, 0.29) is 0 Å². The molecule has 6 heteroatoms. The first kappa shape index (κ1) is 19.5. The molecule has 0 amide bonds. The lowest BCUT2D eigenvalue weighted by atomic mass is 10.0. The van der Waals surface area contributed by atoms with Gasteiger partial charge in [-0.1, -0.05) is 56.3 Å². The van der Waals surface area contributed by atoms with Crippen LogP contribution in [0.25, 0.3) is 5.69 Å². The van der Waals surface area contributed by atoms with Gasteiger partial charge in [0.2, 0.25) is 11.3 Å². The molecule has 142 valence electrons. The molecular weight excluding hydrogens is 358 g/mol. The Morgan fingerprint density at radius 3 is 2.41 bits per heavy atom. The molecule has 2 N–H and O–H groups in total. The third-order valence-electron chi connectivity index (χ3n) is 4.33. The van der Waals surface area contributed by atoms with Crippen molar-refractivity contribution in [2.24, 2.45) is 5.92 Å². The minimum atomic E-state index is -2.02. The van der Waals surface area contributed by atoms with Crippen LogP contribution in [0.4, 0.5) is 0 Å². The van der Waals surface area contributed by atoms with Crippen LogP contribution in [-0.2, 0) is 30.7 Å². The van der Waals surface area contributed by atoms with Crippen molar-refractivity contribution in [3.05, 3.63) is 83.2 Å². The molecule has 0 aliphatic rings. The van der Waals surface area contributed by atoms with E-state index in [4.69, 9.17) is 9.65 Å². The third-order valence-corrected chi connectivity index (χ3v) is 4.72. The summed E-state index contributed by atoms with van der Waals surface area (Å²) in [6, 6.07) is 20.3. The number of rotatable bonds is 8. The molecule has 0 aliphatic carbocycles. The molecule has 2 aromatic carbocycles. The summed E-state index contributed by atoms with van der Waals surface area (Å²) in [7, 11) is 0. The highest BCUT2D eigenvalue weighted by atomic mass is 32.2. The van der Waals surface area contributed by atoms with Crippen LogP contribution in [0, 0.1) is 5.92 Å². The van der Waals surface area contributed by atoms with E-state index in [9.17, 15) is 4.21 Å². The van der Waals surface area contributed by atoms with E-state index in [1.165, 1.54) is 5.69 Å². The molecule has 27 heavy (non-hydrogen) atoms. The van der Waals surface area contributed by atoms with Crippen LogP contribution in [0.15, 0.2) is 60.7 Å². The number of benzene rings is 2. The van der Waals surface area contributed by atoms with Crippen molar-refractivity contribution in [1.82, 2.24) is 14.5 Å². The first-order valence-corrected chi connectivity index (χ1v) is 10.2. The predicted octanol–water partition coefficient (Wildman–Crippen LogP) is 3.89. The topological polar surface area (TPSA) is 67.2 Å². The molecule has 0 saturated carbocycles. The highest BCUT2D eigenvalue weighted by Gasteiger charge is 2.13. The van der Waals surface area contributed by atoms with E-state index in [0.717, 1.165) is 28.9 Å². The van der Waals surface area contributed by atoms with Crippen molar-refractivity contribution in [2.75, 3.05) is 0 Å². The van der Waals surface area contributed by atoms with Gasteiger partial charge in [0.25, 0.3) is 0 Å². The molecule has 0 fully saturated rings. The van der Waals surface area contributed by atoms with Gasteiger partial charge < -0.3 is 0 Å². The van der Waals surface area contributed by atoms with E-state index in [2.05, 4.69) is 36.8 Å². The van der Waals surface area contributed by atoms with Crippen LogP contribution < -0.4 is 4.72 Å². The van der Waals surface area contributed by atoms with Crippen LogP contribution in [0.3, 0.4) is 0 Å². The Hall–Kier alpha value is -2.28. The molecule has 3 aromatic rings. The number of hydrogen-bond donors (Lipinski definition) is 2. The van der Waals surface area contributed by atoms with Gasteiger partial charge in [0.15, 0.2) is 0 Å². The highest BCUT2D eigenvalue weighted by Crippen LogP contribution is 2.20. The number of hydrogen-bond acceptors (Lipinski definition) is 2. The molecule has 0 radical (unpaired) electrons. The second-order valence-electron chi connectivity index (χ2n) is 6.99. The molecule has 1 aromatic heterocycles. The average molecular weight is 384 g/mol. The summed E-state index contributed by atoms with van der Waals surface area (Å²) in [5, 5.41) is 4.85. The summed E-state index contributed by atoms with van der Waals surface area (Å²) in [6.07, 6.45) is 1.63. The Balaban J connectivity index is 1.90. The second kappa shape index (κ2) is 9.08. The van der Waals surface area contributed by atoms with Gasteiger partial charge in [-0.2, -0.15) is 5.10 Å². The quantitative estimate of drug-likeness (QED) is 0.580. The van der Waals surface area contributed by atoms with Crippen LogP contribution in [-0.4, -0.2) is 18.5 Å². The van der Waals surface area contributed by atoms with Gasteiger partial charge in [-0.15, -0.1) is 0 Å². The molecule has 3 rings (SSSR count). The fourth-order valence-electron chi connectivity index (χ4n) is 3.15. The van der Waals surface area contributed by atoms with Crippen LogP contribution >= 0.6 is 0 Å². The van der Waals surface area contributed by atoms with Crippen molar-refractivity contribution >= 4 is 11.3 Å². The Labute approximate surface area is 162 Å². The minimum Gasteiger partial charge on any atom is -0.294 e. The van der Waals surface area contributed by atoms with Gasteiger partial charge >= 0.3 is 0 Å². The zero-order chi connectivity index (χ0) is 19.2. The Morgan fingerprint density at radius 2 is 1.74 bits per heavy atom. The maximum absolute atomic E-state index is 10.9. The highest BCUT2D eigenvalue weighted by molar-refractivity contribution is 7.77. The lowest BCUT2D eigenvalue weighted by Gasteiger charge is -2.09. The zero-order valence-electron chi connectivity index (χ0n) is 15.6. The SMILES string of the molecule is CC(C)Cc1cc(Cc2ccccc2CNS(=O)O)nn1-c1ccccc1. The van der Waals surface area contributed by atoms with Crippen molar-refractivity contribution < 1.29 is 8.76 Å². The fraction of sp³-hybridized carbons (Fsp3) is 0.286. The largest absolute Gasteiger partial charge is 0.294 e. The zero-order valence-corrected chi connectivity index (χ0v) is 16.4. The molecule has 0 saturated heterocycles. The van der Waals surface area contributed by atoms with Gasteiger partial charge in [-0.05, 0) is 41.7 Å². The average Bonchev–Trinajstić information content (AvgIpc) is 3.03. The molecule has 5 nitrogen and oxygen atoms in total. The molecule has 1 heterocycles. The third kappa shape index (κ3) is 5.35. The van der Waals surface area contributed by atoms with Crippen LogP contribution in [0.1, 0.15) is 36.4 Å². The van der Waals surface area contributed by atoms with E-state index in [1.54, 1.807) is 0 Å². The summed E-state index contributed by atoms with van der Waals surface area (Å²) in [4.78, 5) is 0. The maximum Gasteiger partial charge on any atom is 0.232 e. The fourth-order valence-corrected chi connectivity index (χ4v) is 3.43. The standard InChI is InChI=1S/C21H25N3O2S/c1-16(2)12-21-14-19(23-24(21)20-10-4-3-5-11-20)13-17-8-6-7-9-18(17)15-22-27(25)26/h3-11,14,16,22H,12-13,15H2,1-2H3,(H,25,26). The van der Waals surface area contributed by atoms with Crippen LogP contribution in [0.5, 0.6) is 0 Å². The lowest BCUT2D eigenvalue weighted by Crippen LogP contribution is -2.16. The second-order valence-corrected chi connectivity index (χ2v) is 7.78. The van der Waals surface area contributed by atoms with Crippen molar-refractivity contribution in [3.8, 4) is 5.69 Å². The number of nitrogens with zero attached hydrogens (tertiary/aromatic N) is 2. The van der Waals surface area contributed by atoms with E-state index < -0.39 is 11.3 Å². The molecule has 1 unspecified atom stereocenters. The molecular formula is C21H25N3O2S. The minimum absolute atomic E-state index is 0.345. The first-order chi connectivity index (χ1) is 13.0. The summed E-state index contributed by atoms with van der Waals surface area (Å²) < 4.78 is 24.5. The van der Waals surface area contributed by atoms with E-state index in [0.29, 0.717) is 18.9 Å². The van der Waals surface area contributed by atoms with Crippen LogP contribution in [0.2, 0.25) is 0 Å². The Bertz CT molecular complexity index is 907. The van der Waals surface area contributed by atoms with Crippen molar-refractivity contribution in [3.63, 3.8) is 0 Å². The van der Waals surface area contributed by atoms with Gasteiger partial charge in [0, 0.05) is 18.7 Å². The Kier molecular flexibility index (Phi) is 6.55. The summed E-state index contributed by atoms with van der Waals surface area (Å²) in [5.41, 5.74) is 5.35. The van der Waals surface area contributed by atoms with E-state index >= 15 is 0 Å². The van der Waals surface area contributed by atoms with Gasteiger partial charge in [0.1, 0.15) is 0 Å². The summed E-state index contributed by atoms with van der Waals surface area (Å²) in [5.74, 6) is 0.535. The number of nitrogens with one attached hydrogen (secondary N) is 1. The molecule has 0 aliphatic heterocycles. The number of para-hydroxylation sites is 1. The molecule has 1 atom stereocenters. The monoisotopic (exact) mass is 383 g/mol. The maximum atomic E-state index is 10.9. The van der Waals surface area contributed by atoms with Gasteiger partial charge in [0.05, 0.1) is 11.4 Å². The van der Waals surface area contributed by atoms with Crippen molar-refractivity contribution in [2.45, 2.75) is 33.2 Å². The van der Waals surface area contributed by atoms with Gasteiger partial charge in [-0.25, -0.2) is 13.6 Å². The first-order valence-electron chi connectivity index (χ1n) is 9.07. The number of aromatic nitrogens is 2. The molecule has 0 bridgehead atoms. The summed E-state index contributed by atoms with van der Waals surface area (Å²) in [6.45, 7) is 4.76. The molecule has 0 spiro atoms. The van der Waals surface area contributed by atoms with E-state index in [1.807, 2.05) is 47.1 Å². The van der Waals surface area contributed by atoms with Crippen molar-refractivity contribution in [1.29, 1.82) is 0 Å².